The maximum atomic E-state index is 13.2. The summed E-state index contributed by atoms with van der Waals surface area (Å²) in [6, 6.07) is 14.4. The highest BCUT2D eigenvalue weighted by Gasteiger charge is 2.31. The van der Waals surface area contributed by atoms with Gasteiger partial charge in [0.15, 0.2) is 5.78 Å². The number of carbonyl (C=O) groups excluding carboxylic acids is 1. The van der Waals surface area contributed by atoms with Crippen LogP contribution in [-0.4, -0.2) is 26.3 Å². The number of alkyl halides is 3. The van der Waals surface area contributed by atoms with Gasteiger partial charge in [-0.05, 0) is 44.2 Å². The van der Waals surface area contributed by atoms with E-state index >= 15 is 0 Å². The van der Waals surface area contributed by atoms with Crippen LogP contribution >= 0.6 is 34.7 Å². The fourth-order valence-corrected chi connectivity index (χ4v) is 6.06. The molecule has 0 saturated carbocycles. The van der Waals surface area contributed by atoms with Crippen molar-refractivity contribution in [3.8, 4) is 16.5 Å². The number of thioether (sulfide) groups is 1. The molecule has 36 heavy (non-hydrogen) atoms. The normalized spacial score (nSPS) is 11.9. The molecule has 5 aromatic rings. The molecule has 184 valence electrons. The number of benzene rings is 2. The average Bonchev–Trinajstić information content (AvgIpc) is 3.53. The third kappa shape index (κ3) is 4.56. The number of Topliss-reactive ketones (excluding diaryl/α,β-unsaturated/α-hetero) is 1. The Bertz CT molecular complexity index is 1600. The fourth-order valence-electron chi connectivity index (χ4n) is 3.98. The number of aryl methyl sites for hydroxylation is 1. The van der Waals surface area contributed by atoms with Gasteiger partial charge in [0.2, 0.25) is 0 Å². The number of fused-ring (bicyclic) bond motifs is 1. The SMILES string of the molecule is Cc1cc(C(=O)CSc2nnc(-c3sc4ccccc4c3Cl)o2)c(C)n1-c1cccc(C(F)(F)F)c1. The lowest BCUT2D eigenvalue weighted by molar-refractivity contribution is -0.137. The van der Waals surface area contributed by atoms with Crippen LogP contribution in [0.4, 0.5) is 13.2 Å². The molecule has 0 spiro atoms. The molecule has 11 heteroatoms. The van der Waals surface area contributed by atoms with Gasteiger partial charge in [-0.25, -0.2) is 0 Å². The lowest BCUT2D eigenvalue weighted by Crippen LogP contribution is -2.08. The first-order valence-electron chi connectivity index (χ1n) is 10.7. The zero-order valence-electron chi connectivity index (χ0n) is 18.9. The molecule has 0 aliphatic rings. The maximum absolute atomic E-state index is 13.2. The lowest BCUT2D eigenvalue weighted by Gasteiger charge is -2.13. The van der Waals surface area contributed by atoms with E-state index < -0.39 is 11.7 Å². The number of halogens is 4. The first kappa shape index (κ1) is 24.6. The Labute approximate surface area is 216 Å². The van der Waals surface area contributed by atoms with Crippen LogP contribution in [0.3, 0.4) is 0 Å². The molecule has 0 aliphatic heterocycles. The summed E-state index contributed by atoms with van der Waals surface area (Å²) in [5.41, 5.74) is 1.22. The molecule has 0 atom stereocenters. The van der Waals surface area contributed by atoms with Crippen molar-refractivity contribution < 1.29 is 22.4 Å². The molecule has 0 saturated heterocycles. The largest absolute Gasteiger partial charge is 0.416 e. The maximum Gasteiger partial charge on any atom is 0.416 e. The molecule has 0 radical (unpaired) electrons. The molecule has 0 amide bonds. The summed E-state index contributed by atoms with van der Waals surface area (Å²) in [6.45, 7) is 3.45. The van der Waals surface area contributed by atoms with Gasteiger partial charge in [-0.1, -0.05) is 47.6 Å². The van der Waals surface area contributed by atoms with E-state index in [1.165, 1.54) is 17.4 Å². The van der Waals surface area contributed by atoms with Crippen LogP contribution in [-0.2, 0) is 6.18 Å². The molecule has 0 aliphatic carbocycles. The van der Waals surface area contributed by atoms with E-state index in [0.29, 0.717) is 32.5 Å². The Morgan fingerprint density at radius 1 is 1.11 bits per heavy atom. The molecule has 0 fully saturated rings. The number of thiophene rings is 1. The summed E-state index contributed by atoms with van der Waals surface area (Å²) in [7, 11) is 0. The Morgan fingerprint density at radius 3 is 2.64 bits per heavy atom. The van der Waals surface area contributed by atoms with Crippen LogP contribution in [0.15, 0.2) is 64.2 Å². The molecule has 5 nitrogen and oxygen atoms in total. The molecular formula is C25H17ClF3N3O2S2. The molecule has 0 unspecified atom stereocenters. The Morgan fingerprint density at radius 2 is 1.89 bits per heavy atom. The predicted molar refractivity (Wildman–Crippen MR) is 135 cm³/mol. The van der Waals surface area contributed by atoms with Gasteiger partial charge >= 0.3 is 6.18 Å². The molecule has 2 aromatic carbocycles. The number of carbonyl (C=O) groups is 1. The number of aromatic nitrogens is 3. The minimum absolute atomic E-state index is 0.0225. The van der Waals surface area contributed by atoms with Crippen LogP contribution in [0.25, 0.3) is 26.5 Å². The summed E-state index contributed by atoms with van der Waals surface area (Å²) < 4.78 is 47.9. The summed E-state index contributed by atoms with van der Waals surface area (Å²) in [5.74, 6) is 0.0964. The van der Waals surface area contributed by atoms with Crippen LogP contribution in [0.5, 0.6) is 0 Å². The smallest absolute Gasteiger partial charge is 0.410 e. The molecular weight excluding hydrogens is 531 g/mol. The van der Waals surface area contributed by atoms with Crippen molar-refractivity contribution in [1.29, 1.82) is 0 Å². The van der Waals surface area contributed by atoms with E-state index in [9.17, 15) is 18.0 Å². The van der Waals surface area contributed by atoms with E-state index in [2.05, 4.69) is 10.2 Å². The zero-order chi connectivity index (χ0) is 25.6. The van der Waals surface area contributed by atoms with Crippen LogP contribution in [0.2, 0.25) is 5.02 Å². The summed E-state index contributed by atoms with van der Waals surface area (Å²) in [4.78, 5) is 13.6. The first-order valence-corrected chi connectivity index (χ1v) is 12.8. The van der Waals surface area contributed by atoms with Gasteiger partial charge in [-0.2, -0.15) is 13.2 Å². The standard InChI is InChI=1S/C25H17ClF3N3O2S2/c1-13-10-18(14(2)32(13)16-7-5-6-15(11-16)25(27,28)29)19(33)12-35-24-31-30-23(34-24)22-21(26)17-8-3-4-9-20(17)36-22/h3-11H,12H2,1-2H3. The van der Waals surface area contributed by atoms with Crippen LogP contribution in [0, 0.1) is 13.8 Å². The Balaban J connectivity index is 1.34. The van der Waals surface area contributed by atoms with Crippen molar-refractivity contribution in [3.63, 3.8) is 0 Å². The fraction of sp³-hybridized carbons (Fsp3) is 0.160. The van der Waals surface area contributed by atoms with Crippen LogP contribution < -0.4 is 0 Å². The van der Waals surface area contributed by atoms with Gasteiger partial charge in [0, 0.05) is 32.7 Å². The van der Waals surface area contributed by atoms with Gasteiger partial charge in [0.25, 0.3) is 11.1 Å². The van der Waals surface area contributed by atoms with E-state index in [1.807, 2.05) is 24.3 Å². The van der Waals surface area contributed by atoms with Crippen molar-refractivity contribution in [2.24, 2.45) is 0 Å². The number of rotatable bonds is 6. The summed E-state index contributed by atoms with van der Waals surface area (Å²) >= 11 is 9.02. The number of ketones is 1. The van der Waals surface area contributed by atoms with Crippen molar-refractivity contribution in [2.75, 3.05) is 5.75 Å². The second-order valence-electron chi connectivity index (χ2n) is 7.99. The summed E-state index contributed by atoms with van der Waals surface area (Å²) in [6.07, 6.45) is -4.46. The van der Waals surface area contributed by atoms with E-state index in [4.69, 9.17) is 16.0 Å². The van der Waals surface area contributed by atoms with Crippen molar-refractivity contribution in [2.45, 2.75) is 25.2 Å². The van der Waals surface area contributed by atoms with E-state index in [1.54, 1.807) is 30.5 Å². The molecule has 3 heterocycles. The molecule has 3 aromatic heterocycles. The number of hydrogen-bond acceptors (Lipinski definition) is 6. The Hall–Kier alpha value is -3.08. The lowest BCUT2D eigenvalue weighted by atomic mass is 10.1. The summed E-state index contributed by atoms with van der Waals surface area (Å²) in [5, 5.41) is 9.76. The highest BCUT2D eigenvalue weighted by atomic mass is 35.5. The van der Waals surface area contributed by atoms with E-state index in [0.717, 1.165) is 34.0 Å². The predicted octanol–water partition coefficient (Wildman–Crippen LogP) is 8.01. The van der Waals surface area contributed by atoms with Gasteiger partial charge in [-0.15, -0.1) is 21.5 Å². The van der Waals surface area contributed by atoms with Gasteiger partial charge in [-0.3, -0.25) is 4.79 Å². The number of hydrogen-bond donors (Lipinski definition) is 0. The second-order valence-corrected chi connectivity index (χ2v) is 10.4. The quantitative estimate of drug-likeness (QED) is 0.159. The number of nitrogens with zero attached hydrogens (tertiary/aromatic N) is 3. The van der Waals surface area contributed by atoms with Gasteiger partial charge in [0.1, 0.15) is 4.88 Å². The topological polar surface area (TPSA) is 60.9 Å². The van der Waals surface area contributed by atoms with Gasteiger partial charge in [0.05, 0.1) is 16.3 Å². The minimum atomic E-state index is -4.46. The molecule has 0 N–H and O–H groups in total. The third-order valence-corrected chi connectivity index (χ3v) is 8.11. The zero-order valence-corrected chi connectivity index (χ0v) is 21.3. The van der Waals surface area contributed by atoms with Crippen molar-refractivity contribution >= 4 is 50.6 Å². The molecule has 5 rings (SSSR count). The van der Waals surface area contributed by atoms with Crippen LogP contribution in [0.1, 0.15) is 27.3 Å². The van der Waals surface area contributed by atoms with E-state index in [-0.39, 0.29) is 22.6 Å². The highest BCUT2D eigenvalue weighted by Crippen LogP contribution is 2.42. The third-order valence-electron chi connectivity index (χ3n) is 5.63. The molecule has 0 bridgehead atoms. The average molecular weight is 548 g/mol. The van der Waals surface area contributed by atoms with Crippen molar-refractivity contribution in [3.05, 3.63) is 82.1 Å². The second kappa shape index (κ2) is 9.42. The highest BCUT2D eigenvalue weighted by molar-refractivity contribution is 7.99. The Kier molecular flexibility index (Phi) is 6.44. The first-order chi connectivity index (χ1) is 17.1. The monoisotopic (exact) mass is 547 g/mol. The van der Waals surface area contributed by atoms with Crippen molar-refractivity contribution in [1.82, 2.24) is 14.8 Å². The minimum Gasteiger partial charge on any atom is -0.410 e. The van der Waals surface area contributed by atoms with Gasteiger partial charge < -0.3 is 8.98 Å².